The molecular weight excluding hydrogens is 215 g/mol. The van der Waals surface area contributed by atoms with Crippen molar-refractivity contribution < 1.29 is 9.13 Å². The first kappa shape index (κ1) is 14.2. The van der Waals surface area contributed by atoms with Gasteiger partial charge in [0.25, 0.3) is 0 Å². The van der Waals surface area contributed by atoms with Crippen molar-refractivity contribution in [1.82, 2.24) is 0 Å². The molecule has 0 heterocycles. The second-order valence-electron chi connectivity index (χ2n) is 4.88. The van der Waals surface area contributed by atoms with Crippen LogP contribution in [0.2, 0.25) is 0 Å². The van der Waals surface area contributed by atoms with Crippen molar-refractivity contribution in [3.8, 4) is 0 Å². The molecule has 0 aromatic carbocycles. The summed E-state index contributed by atoms with van der Waals surface area (Å²) in [5.41, 5.74) is 0.925. The van der Waals surface area contributed by atoms with Crippen molar-refractivity contribution in [3.05, 3.63) is 35.7 Å². The molecule has 2 heteroatoms. The van der Waals surface area contributed by atoms with Crippen LogP contribution in [0, 0.1) is 11.8 Å². The molecule has 1 rings (SSSR count). The van der Waals surface area contributed by atoms with Crippen molar-refractivity contribution in [2.24, 2.45) is 11.8 Å². The third kappa shape index (κ3) is 5.83. The van der Waals surface area contributed by atoms with E-state index in [9.17, 15) is 4.39 Å². The maximum Gasteiger partial charge on any atom is 0.118 e. The van der Waals surface area contributed by atoms with E-state index in [4.69, 9.17) is 4.74 Å². The Balaban J connectivity index is 2.24. The quantitative estimate of drug-likeness (QED) is 0.508. The number of hydrogen-bond donors (Lipinski definition) is 0. The van der Waals surface area contributed by atoms with Gasteiger partial charge in [0.05, 0.1) is 13.2 Å². The van der Waals surface area contributed by atoms with Gasteiger partial charge in [0.2, 0.25) is 0 Å². The Labute approximate surface area is 104 Å². The minimum atomic E-state index is -0.197. The van der Waals surface area contributed by atoms with Gasteiger partial charge in [0, 0.05) is 5.92 Å². The molecule has 17 heavy (non-hydrogen) atoms. The van der Waals surface area contributed by atoms with Crippen LogP contribution in [0.3, 0.4) is 0 Å². The first-order valence-corrected chi connectivity index (χ1v) is 6.37. The predicted octanol–water partition coefficient (Wildman–Crippen LogP) is 4.42. The Morgan fingerprint density at radius 3 is 2.76 bits per heavy atom. The molecule has 0 fully saturated rings. The second-order valence-corrected chi connectivity index (χ2v) is 4.88. The van der Waals surface area contributed by atoms with Crippen LogP contribution in [0.1, 0.15) is 33.6 Å². The van der Waals surface area contributed by atoms with E-state index in [1.54, 1.807) is 6.92 Å². The van der Waals surface area contributed by atoms with Crippen molar-refractivity contribution in [3.63, 3.8) is 0 Å². The summed E-state index contributed by atoms with van der Waals surface area (Å²) in [4.78, 5) is 0. The molecular formula is C15H23FO. The molecule has 0 saturated carbocycles. The number of hydrogen-bond acceptors (Lipinski definition) is 1. The van der Waals surface area contributed by atoms with Crippen LogP contribution >= 0.6 is 0 Å². The molecule has 0 spiro atoms. The second kappa shape index (κ2) is 7.44. The molecule has 0 aromatic rings. The third-order valence-electron chi connectivity index (χ3n) is 3.03. The molecule has 0 aromatic heterocycles. The van der Waals surface area contributed by atoms with E-state index in [2.05, 4.69) is 19.1 Å². The molecule has 0 radical (unpaired) electrons. The van der Waals surface area contributed by atoms with Gasteiger partial charge < -0.3 is 4.74 Å². The van der Waals surface area contributed by atoms with E-state index < -0.39 is 0 Å². The fourth-order valence-corrected chi connectivity index (χ4v) is 1.89. The number of allylic oxidation sites excluding steroid dienone is 4. The molecule has 1 nitrogen and oxygen atoms in total. The minimum Gasteiger partial charge on any atom is -0.377 e. The van der Waals surface area contributed by atoms with Crippen molar-refractivity contribution in [2.45, 2.75) is 33.6 Å². The molecule has 1 aliphatic carbocycles. The molecule has 1 aliphatic rings. The molecule has 96 valence electrons. The van der Waals surface area contributed by atoms with Crippen LogP contribution in [0.25, 0.3) is 0 Å². The summed E-state index contributed by atoms with van der Waals surface area (Å²) >= 11 is 0. The number of rotatable bonds is 5. The highest BCUT2D eigenvalue weighted by atomic mass is 19.1. The SMILES string of the molecule is C/C=C(F)\C=C(\C)COCC1C=CC(C)CC1. The molecule has 0 saturated heterocycles. The number of halogens is 1. The van der Waals surface area contributed by atoms with Gasteiger partial charge in [-0.2, -0.15) is 0 Å². The zero-order valence-corrected chi connectivity index (χ0v) is 11.1. The van der Waals surface area contributed by atoms with Gasteiger partial charge in [-0.1, -0.05) is 25.2 Å². The van der Waals surface area contributed by atoms with Gasteiger partial charge in [-0.3, -0.25) is 0 Å². The van der Waals surface area contributed by atoms with Crippen LogP contribution in [0.4, 0.5) is 4.39 Å². The summed E-state index contributed by atoms with van der Waals surface area (Å²) in [5, 5.41) is 0. The summed E-state index contributed by atoms with van der Waals surface area (Å²) in [7, 11) is 0. The fourth-order valence-electron chi connectivity index (χ4n) is 1.89. The van der Waals surface area contributed by atoms with E-state index in [-0.39, 0.29) is 5.83 Å². The van der Waals surface area contributed by atoms with E-state index in [0.717, 1.165) is 12.2 Å². The van der Waals surface area contributed by atoms with E-state index in [1.165, 1.54) is 25.0 Å². The highest BCUT2D eigenvalue weighted by Crippen LogP contribution is 2.21. The first-order valence-electron chi connectivity index (χ1n) is 6.37. The summed E-state index contributed by atoms with van der Waals surface area (Å²) in [6.45, 7) is 7.07. The smallest absolute Gasteiger partial charge is 0.118 e. The van der Waals surface area contributed by atoms with Gasteiger partial charge >= 0.3 is 0 Å². The standard InChI is InChI=1S/C15H23FO/c1-4-15(16)9-13(3)10-17-11-14-7-5-12(2)6-8-14/h4-5,7,9,12,14H,6,8,10-11H2,1-3H3/b13-9-,15-4+. The molecule has 0 bridgehead atoms. The highest BCUT2D eigenvalue weighted by molar-refractivity contribution is 5.16. The zero-order valence-electron chi connectivity index (χ0n) is 11.1. The molecule has 2 unspecified atom stereocenters. The molecule has 2 atom stereocenters. The minimum absolute atomic E-state index is 0.197. The normalized spacial score (nSPS) is 26.4. The highest BCUT2D eigenvalue weighted by Gasteiger charge is 2.12. The Bertz CT molecular complexity index is 315. The average molecular weight is 238 g/mol. The van der Waals surface area contributed by atoms with Gasteiger partial charge in [-0.05, 0) is 44.3 Å². The Morgan fingerprint density at radius 2 is 2.18 bits per heavy atom. The van der Waals surface area contributed by atoms with E-state index in [1.807, 2.05) is 6.92 Å². The summed E-state index contributed by atoms with van der Waals surface area (Å²) in [6, 6.07) is 0. The summed E-state index contributed by atoms with van der Waals surface area (Å²) in [6.07, 6.45) is 9.93. The van der Waals surface area contributed by atoms with Crippen molar-refractivity contribution in [1.29, 1.82) is 0 Å². The third-order valence-corrected chi connectivity index (χ3v) is 3.03. The van der Waals surface area contributed by atoms with Gasteiger partial charge in [-0.25, -0.2) is 4.39 Å². The Morgan fingerprint density at radius 1 is 1.41 bits per heavy atom. The van der Waals surface area contributed by atoms with Gasteiger partial charge in [0.15, 0.2) is 0 Å². The summed E-state index contributed by atoms with van der Waals surface area (Å²) in [5.74, 6) is 1.04. The van der Waals surface area contributed by atoms with Gasteiger partial charge in [-0.15, -0.1) is 0 Å². The fraction of sp³-hybridized carbons (Fsp3) is 0.600. The average Bonchev–Trinajstić information content (AvgIpc) is 2.31. The lowest BCUT2D eigenvalue weighted by molar-refractivity contribution is 0.125. The Kier molecular flexibility index (Phi) is 6.20. The van der Waals surface area contributed by atoms with Crippen LogP contribution < -0.4 is 0 Å². The zero-order chi connectivity index (χ0) is 12.7. The van der Waals surface area contributed by atoms with E-state index >= 15 is 0 Å². The van der Waals surface area contributed by atoms with Crippen molar-refractivity contribution >= 4 is 0 Å². The maximum absolute atomic E-state index is 12.9. The first-order chi connectivity index (χ1) is 8.11. The van der Waals surface area contributed by atoms with Crippen LogP contribution in [-0.2, 0) is 4.74 Å². The largest absolute Gasteiger partial charge is 0.377 e. The molecule has 0 aliphatic heterocycles. The summed E-state index contributed by atoms with van der Waals surface area (Å²) < 4.78 is 18.5. The lowest BCUT2D eigenvalue weighted by atomic mass is 9.90. The number of ether oxygens (including phenoxy) is 1. The maximum atomic E-state index is 12.9. The predicted molar refractivity (Wildman–Crippen MR) is 70.5 cm³/mol. The van der Waals surface area contributed by atoms with E-state index in [0.29, 0.717) is 18.4 Å². The van der Waals surface area contributed by atoms with Crippen LogP contribution in [-0.4, -0.2) is 13.2 Å². The topological polar surface area (TPSA) is 9.23 Å². The van der Waals surface area contributed by atoms with Crippen LogP contribution in [0.15, 0.2) is 35.7 Å². The lowest BCUT2D eigenvalue weighted by Crippen LogP contribution is -2.13. The van der Waals surface area contributed by atoms with Gasteiger partial charge in [0.1, 0.15) is 5.83 Å². The Hall–Kier alpha value is -0.890. The lowest BCUT2D eigenvalue weighted by Gasteiger charge is -2.20. The van der Waals surface area contributed by atoms with Crippen molar-refractivity contribution in [2.75, 3.05) is 13.2 Å². The molecule has 0 N–H and O–H groups in total. The monoisotopic (exact) mass is 238 g/mol. The molecule has 0 amide bonds. The van der Waals surface area contributed by atoms with Crippen LogP contribution in [0.5, 0.6) is 0 Å².